The van der Waals surface area contributed by atoms with Crippen LogP contribution < -0.4 is 10.5 Å². The van der Waals surface area contributed by atoms with Crippen molar-refractivity contribution in [2.45, 2.75) is 19.4 Å². The normalized spacial score (nSPS) is 12.5. The number of methoxy groups -OCH3 is 1. The molecule has 4 nitrogen and oxygen atoms in total. The Morgan fingerprint density at radius 2 is 2.10 bits per heavy atom. The molecule has 0 saturated carbocycles. The summed E-state index contributed by atoms with van der Waals surface area (Å²) in [5.41, 5.74) is 9.43. The number of aromatic nitrogens is 2. The van der Waals surface area contributed by atoms with E-state index in [4.69, 9.17) is 10.5 Å². The smallest absolute Gasteiger partial charge is 0.119 e. The third-order valence-corrected chi connectivity index (χ3v) is 5.03. The Bertz CT molecular complexity index is 625. The van der Waals surface area contributed by atoms with E-state index in [1.165, 1.54) is 0 Å². The van der Waals surface area contributed by atoms with Crippen LogP contribution in [0.4, 0.5) is 0 Å². The number of benzene rings is 1. The lowest BCUT2D eigenvalue weighted by atomic mass is 10.0. The highest BCUT2D eigenvalue weighted by Gasteiger charge is 2.17. The molecule has 108 valence electrons. The molecule has 0 aliphatic carbocycles. The Balaban J connectivity index is 2.30. The Labute approximate surface area is 135 Å². The molecule has 2 aromatic rings. The molecule has 2 N–H and O–H groups in total. The molecule has 0 radical (unpaired) electrons. The maximum absolute atomic E-state index is 6.35. The van der Waals surface area contributed by atoms with Crippen molar-refractivity contribution >= 4 is 31.9 Å². The van der Waals surface area contributed by atoms with E-state index in [0.717, 1.165) is 31.6 Å². The van der Waals surface area contributed by atoms with Gasteiger partial charge in [0.25, 0.3) is 0 Å². The van der Waals surface area contributed by atoms with Crippen molar-refractivity contribution in [1.29, 1.82) is 0 Å². The van der Waals surface area contributed by atoms with Crippen LogP contribution in [0.3, 0.4) is 0 Å². The zero-order valence-corrected chi connectivity index (χ0v) is 14.8. The highest BCUT2D eigenvalue weighted by Crippen LogP contribution is 2.30. The number of rotatable bonds is 4. The van der Waals surface area contributed by atoms with Crippen LogP contribution in [0, 0.1) is 6.92 Å². The van der Waals surface area contributed by atoms with E-state index in [9.17, 15) is 0 Å². The molecule has 0 saturated heterocycles. The van der Waals surface area contributed by atoms with Gasteiger partial charge in [-0.3, -0.25) is 4.68 Å². The van der Waals surface area contributed by atoms with E-state index in [1.54, 1.807) is 7.11 Å². The third-order valence-electron chi connectivity index (χ3n) is 3.28. The first-order valence-electron chi connectivity index (χ1n) is 6.21. The molecule has 1 aromatic heterocycles. The summed E-state index contributed by atoms with van der Waals surface area (Å²) in [6, 6.07) is 5.69. The molecule has 0 aliphatic rings. The second-order valence-electron chi connectivity index (χ2n) is 4.67. The molecule has 1 atom stereocenters. The van der Waals surface area contributed by atoms with E-state index < -0.39 is 0 Å². The molecule has 0 fully saturated rings. The number of hydrogen-bond donors (Lipinski definition) is 1. The lowest BCUT2D eigenvalue weighted by molar-refractivity contribution is 0.413. The molecule has 0 spiro atoms. The summed E-state index contributed by atoms with van der Waals surface area (Å²) in [6.45, 7) is 1.97. The van der Waals surface area contributed by atoms with Gasteiger partial charge < -0.3 is 10.5 Å². The zero-order chi connectivity index (χ0) is 14.9. The molecule has 0 amide bonds. The monoisotopic (exact) mass is 401 g/mol. The van der Waals surface area contributed by atoms with Crippen molar-refractivity contribution in [3.05, 3.63) is 44.1 Å². The zero-order valence-electron chi connectivity index (χ0n) is 11.7. The molecule has 1 aromatic carbocycles. The van der Waals surface area contributed by atoms with Crippen LogP contribution in [-0.2, 0) is 13.5 Å². The summed E-state index contributed by atoms with van der Waals surface area (Å²) < 4.78 is 9.14. The largest absolute Gasteiger partial charge is 0.497 e. The van der Waals surface area contributed by atoms with Gasteiger partial charge >= 0.3 is 0 Å². The lowest BCUT2D eigenvalue weighted by Crippen LogP contribution is -2.16. The topological polar surface area (TPSA) is 53.1 Å². The minimum atomic E-state index is -0.134. The van der Waals surface area contributed by atoms with Gasteiger partial charge in [-0.1, -0.05) is 15.9 Å². The lowest BCUT2D eigenvalue weighted by Gasteiger charge is -2.15. The van der Waals surface area contributed by atoms with Crippen molar-refractivity contribution in [3.8, 4) is 5.75 Å². The van der Waals surface area contributed by atoms with Gasteiger partial charge in [0.1, 0.15) is 5.75 Å². The van der Waals surface area contributed by atoms with Crippen LogP contribution >= 0.6 is 31.9 Å². The first-order valence-corrected chi connectivity index (χ1v) is 7.79. The van der Waals surface area contributed by atoms with E-state index >= 15 is 0 Å². The Morgan fingerprint density at radius 1 is 1.40 bits per heavy atom. The van der Waals surface area contributed by atoms with Gasteiger partial charge in [0.05, 0.1) is 23.0 Å². The second-order valence-corrected chi connectivity index (χ2v) is 6.32. The summed E-state index contributed by atoms with van der Waals surface area (Å²) in [4.78, 5) is 0. The van der Waals surface area contributed by atoms with Crippen LogP contribution in [0.1, 0.15) is 23.0 Å². The summed E-state index contributed by atoms with van der Waals surface area (Å²) >= 11 is 7.12. The van der Waals surface area contributed by atoms with Crippen LogP contribution in [0.15, 0.2) is 27.1 Å². The van der Waals surface area contributed by atoms with Crippen molar-refractivity contribution in [1.82, 2.24) is 9.78 Å². The second kappa shape index (κ2) is 6.28. The Kier molecular flexibility index (Phi) is 4.88. The Morgan fingerprint density at radius 3 is 2.65 bits per heavy atom. The number of halogens is 2. The van der Waals surface area contributed by atoms with Crippen LogP contribution in [0.25, 0.3) is 0 Å². The third kappa shape index (κ3) is 3.07. The molecule has 0 bridgehead atoms. The van der Waals surface area contributed by atoms with Crippen LogP contribution in [-0.4, -0.2) is 16.9 Å². The number of hydrogen-bond acceptors (Lipinski definition) is 3. The van der Waals surface area contributed by atoms with E-state index in [0.29, 0.717) is 6.42 Å². The van der Waals surface area contributed by atoms with E-state index in [1.807, 2.05) is 36.9 Å². The Hall–Kier alpha value is -0.850. The van der Waals surface area contributed by atoms with Gasteiger partial charge in [0.2, 0.25) is 0 Å². The maximum Gasteiger partial charge on any atom is 0.119 e. The highest BCUT2D eigenvalue weighted by molar-refractivity contribution is 9.10. The molecular formula is C14H17Br2N3O. The maximum atomic E-state index is 6.35. The summed E-state index contributed by atoms with van der Waals surface area (Å²) in [6.07, 6.45) is 0.698. The first kappa shape index (κ1) is 15.5. The van der Waals surface area contributed by atoms with Crippen LogP contribution in [0.2, 0.25) is 0 Å². The van der Waals surface area contributed by atoms with Gasteiger partial charge in [0.15, 0.2) is 0 Å². The average Bonchev–Trinajstić information content (AvgIpc) is 2.66. The summed E-state index contributed by atoms with van der Waals surface area (Å²) in [7, 11) is 3.58. The summed E-state index contributed by atoms with van der Waals surface area (Å²) in [5.74, 6) is 0.805. The highest BCUT2D eigenvalue weighted by atomic mass is 79.9. The minimum Gasteiger partial charge on any atom is -0.497 e. The van der Waals surface area contributed by atoms with Crippen molar-refractivity contribution < 1.29 is 4.74 Å². The predicted octanol–water partition coefficient (Wildman–Crippen LogP) is 3.50. The van der Waals surface area contributed by atoms with Crippen molar-refractivity contribution in [3.63, 3.8) is 0 Å². The van der Waals surface area contributed by atoms with E-state index in [2.05, 4.69) is 37.0 Å². The fraction of sp³-hybridized carbons (Fsp3) is 0.357. The van der Waals surface area contributed by atoms with Crippen LogP contribution in [0.5, 0.6) is 5.75 Å². The molecule has 20 heavy (non-hydrogen) atoms. The quantitative estimate of drug-likeness (QED) is 0.851. The molecule has 1 heterocycles. The number of nitrogens with zero attached hydrogens (tertiary/aromatic N) is 2. The number of aryl methyl sites for hydroxylation is 2. The standard InChI is InChI=1S/C14H17Br2N3O/c1-8-14(16)13(19(2)18-8)7-12(17)10-6-9(20-3)4-5-11(10)15/h4-6,12H,7,17H2,1-3H3. The van der Waals surface area contributed by atoms with Gasteiger partial charge in [-0.2, -0.15) is 5.10 Å². The van der Waals surface area contributed by atoms with Gasteiger partial charge in [-0.15, -0.1) is 0 Å². The van der Waals surface area contributed by atoms with Gasteiger partial charge in [0, 0.05) is 24.0 Å². The average molecular weight is 403 g/mol. The predicted molar refractivity (Wildman–Crippen MR) is 87.0 cm³/mol. The molecule has 2 rings (SSSR count). The van der Waals surface area contributed by atoms with E-state index in [-0.39, 0.29) is 6.04 Å². The molecule has 0 aliphatic heterocycles. The fourth-order valence-electron chi connectivity index (χ4n) is 2.15. The van der Waals surface area contributed by atoms with Gasteiger partial charge in [-0.05, 0) is 46.6 Å². The van der Waals surface area contributed by atoms with Gasteiger partial charge in [-0.25, -0.2) is 0 Å². The molecule has 6 heteroatoms. The minimum absolute atomic E-state index is 0.134. The number of ether oxygens (including phenoxy) is 1. The molecule has 1 unspecified atom stereocenters. The van der Waals surface area contributed by atoms with Crippen molar-refractivity contribution in [2.24, 2.45) is 12.8 Å². The first-order chi connectivity index (χ1) is 9.43. The summed E-state index contributed by atoms with van der Waals surface area (Å²) in [5, 5.41) is 4.39. The fourth-order valence-corrected chi connectivity index (χ4v) is 3.19. The number of nitrogens with two attached hydrogens (primary N) is 1. The molecular weight excluding hydrogens is 386 g/mol. The van der Waals surface area contributed by atoms with Crippen molar-refractivity contribution in [2.75, 3.05) is 7.11 Å². The SMILES string of the molecule is COc1ccc(Br)c(C(N)Cc2c(Br)c(C)nn2C)c1.